The molecule has 94 valence electrons. The number of likely N-dealkylation sites (tertiary alicyclic amines) is 2. The number of piperidine rings is 1. The summed E-state index contributed by atoms with van der Waals surface area (Å²) < 4.78 is 0. The van der Waals surface area contributed by atoms with Crippen LogP contribution in [0.4, 0.5) is 0 Å². The number of hydrogen-bond donors (Lipinski definition) is 1. The topological polar surface area (TPSA) is 18.5 Å². The van der Waals surface area contributed by atoms with Crippen molar-refractivity contribution in [1.29, 1.82) is 0 Å². The maximum atomic E-state index is 3.55. The molecule has 2 aliphatic heterocycles. The van der Waals surface area contributed by atoms with Gasteiger partial charge in [-0.3, -0.25) is 0 Å². The third kappa shape index (κ3) is 3.19. The first-order chi connectivity index (χ1) is 7.79. The summed E-state index contributed by atoms with van der Waals surface area (Å²) >= 11 is 0. The highest BCUT2D eigenvalue weighted by atomic mass is 15.2. The molecule has 2 heterocycles. The number of nitrogens with zero attached hydrogens (tertiary/aromatic N) is 2. The van der Waals surface area contributed by atoms with Gasteiger partial charge in [0.1, 0.15) is 0 Å². The van der Waals surface area contributed by atoms with E-state index in [1.165, 1.54) is 58.4 Å². The highest BCUT2D eigenvalue weighted by molar-refractivity contribution is 4.84. The lowest BCUT2D eigenvalue weighted by atomic mass is 9.89. The first kappa shape index (κ1) is 12.3. The SMILES string of the molecule is CN[C@H](CN1CCCC1)C1CCN(C)CC1. The van der Waals surface area contributed by atoms with Crippen LogP contribution in [0.15, 0.2) is 0 Å². The molecule has 0 amide bonds. The van der Waals surface area contributed by atoms with Crippen molar-refractivity contribution in [2.45, 2.75) is 31.7 Å². The second-order valence-electron chi connectivity index (χ2n) is 5.54. The molecule has 0 aromatic carbocycles. The zero-order chi connectivity index (χ0) is 11.4. The van der Waals surface area contributed by atoms with Gasteiger partial charge in [0, 0.05) is 12.6 Å². The van der Waals surface area contributed by atoms with Crippen molar-refractivity contribution >= 4 is 0 Å². The third-order valence-electron chi connectivity index (χ3n) is 4.36. The highest BCUT2D eigenvalue weighted by Gasteiger charge is 2.26. The molecule has 1 atom stereocenters. The maximum Gasteiger partial charge on any atom is 0.0221 e. The van der Waals surface area contributed by atoms with E-state index in [4.69, 9.17) is 0 Å². The van der Waals surface area contributed by atoms with Crippen LogP contribution in [0.3, 0.4) is 0 Å². The Bertz CT molecular complexity index is 193. The molecule has 3 heteroatoms. The maximum absolute atomic E-state index is 3.55. The van der Waals surface area contributed by atoms with Gasteiger partial charge in [-0.2, -0.15) is 0 Å². The van der Waals surface area contributed by atoms with E-state index in [1.54, 1.807) is 0 Å². The molecule has 2 rings (SSSR count). The van der Waals surface area contributed by atoms with E-state index in [2.05, 4.69) is 29.2 Å². The zero-order valence-electron chi connectivity index (χ0n) is 10.9. The van der Waals surface area contributed by atoms with Crippen molar-refractivity contribution in [3.63, 3.8) is 0 Å². The van der Waals surface area contributed by atoms with Crippen LogP contribution in [0.2, 0.25) is 0 Å². The first-order valence-corrected chi connectivity index (χ1v) is 6.88. The van der Waals surface area contributed by atoms with Crippen LogP contribution in [-0.2, 0) is 0 Å². The summed E-state index contributed by atoms with van der Waals surface area (Å²) in [6.07, 6.45) is 5.55. The van der Waals surface area contributed by atoms with Gasteiger partial charge in [-0.05, 0) is 71.9 Å². The fourth-order valence-electron chi connectivity index (χ4n) is 3.15. The number of hydrogen-bond acceptors (Lipinski definition) is 3. The fourth-order valence-corrected chi connectivity index (χ4v) is 3.15. The molecule has 0 aromatic heterocycles. The predicted octanol–water partition coefficient (Wildman–Crippen LogP) is 1.01. The Morgan fingerprint density at radius 2 is 1.75 bits per heavy atom. The first-order valence-electron chi connectivity index (χ1n) is 6.88. The minimum atomic E-state index is 0.715. The van der Waals surface area contributed by atoms with Crippen LogP contribution >= 0.6 is 0 Å². The van der Waals surface area contributed by atoms with E-state index in [9.17, 15) is 0 Å². The molecule has 0 saturated carbocycles. The van der Waals surface area contributed by atoms with Gasteiger partial charge in [0.25, 0.3) is 0 Å². The molecule has 16 heavy (non-hydrogen) atoms. The van der Waals surface area contributed by atoms with Crippen molar-refractivity contribution in [1.82, 2.24) is 15.1 Å². The lowest BCUT2D eigenvalue weighted by molar-refractivity contribution is 0.163. The molecular weight excluding hydrogens is 198 g/mol. The Morgan fingerprint density at radius 1 is 1.12 bits per heavy atom. The smallest absolute Gasteiger partial charge is 0.0221 e. The van der Waals surface area contributed by atoms with Crippen LogP contribution < -0.4 is 5.32 Å². The van der Waals surface area contributed by atoms with Crippen LogP contribution in [0.5, 0.6) is 0 Å². The standard InChI is InChI=1S/C13H27N3/c1-14-13(11-16-7-3-4-8-16)12-5-9-15(2)10-6-12/h12-14H,3-11H2,1-2H3/t13-/m1/s1. The molecule has 0 radical (unpaired) electrons. The summed E-state index contributed by atoms with van der Waals surface area (Å²) in [6.45, 7) is 6.48. The summed E-state index contributed by atoms with van der Waals surface area (Å²) in [5, 5.41) is 3.55. The number of likely N-dealkylation sites (N-methyl/N-ethyl adjacent to an activating group) is 1. The minimum absolute atomic E-state index is 0.715. The summed E-state index contributed by atoms with van der Waals surface area (Å²) in [5.74, 6) is 0.891. The van der Waals surface area contributed by atoms with Crippen molar-refractivity contribution in [3.05, 3.63) is 0 Å². The van der Waals surface area contributed by atoms with Crippen molar-refractivity contribution in [3.8, 4) is 0 Å². The van der Waals surface area contributed by atoms with E-state index in [0.717, 1.165) is 5.92 Å². The Kier molecular flexibility index (Phi) is 4.62. The monoisotopic (exact) mass is 225 g/mol. The van der Waals surface area contributed by atoms with Crippen molar-refractivity contribution < 1.29 is 0 Å². The molecule has 2 fully saturated rings. The van der Waals surface area contributed by atoms with Crippen LogP contribution in [0, 0.1) is 5.92 Å². The van der Waals surface area contributed by atoms with Crippen molar-refractivity contribution in [2.75, 3.05) is 46.8 Å². The van der Waals surface area contributed by atoms with Crippen LogP contribution in [-0.4, -0.2) is 62.7 Å². The molecule has 1 N–H and O–H groups in total. The zero-order valence-corrected chi connectivity index (χ0v) is 10.9. The van der Waals surface area contributed by atoms with Gasteiger partial charge < -0.3 is 15.1 Å². The molecule has 3 nitrogen and oxygen atoms in total. The van der Waals surface area contributed by atoms with Gasteiger partial charge in [0.2, 0.25) is 0 Å². The Balaban J connectivity index is 1.79. The largest absolute Gasteiger partial charge is 0.315 e. The molecule has 0 spiro atoms. The summed E-state index contributed by atoms with van der Waals surface area (Å²) in [7, 11) is 4.38. The molecular formula is C13H27N3. The normalized spacial score (nSPS) is 27.4. The molecule has 0 bridgehead atoms. The van der Waals surface area contributed by atoms with Crippen LogP contribution in [0.1, 0.15) is 25.7 Å². The van der Waals surface area contributed by atoms with Gasteiger partial charge in [-0.15, -0.1) is 0 Å². The predicted molar refractivity (Wildman–Crippen MR) is 68.7 cm³/mol. The highest BCUT2D eigenvalue weighted by Crippen LogP contribution is 2.21. The van der Waals surface area contributed by atoms with Crippen molar-refractivity contribution in [2.24, 2.45) is 5.92 Å². The Morgan fingerprint density at radius 3 is 2.31 bits per heavy atom. The summed E-state index contributed by atoms with van der Waals surface area (Å²) in [5.41, 5.74) is 0. The van der Waals surface area contributed by atoms with E-state index >= 15 is 0 Å². The molecule has 2 aliphatic rings. The molecule has 2 saturated heterocycles. The average molecular weight is 225 g/mol. The molecule has 0 unspecified atom stereocenters. The third-order valence-corrected chi connectivity index (χ3v) is 4.36. The molecule has 0 aliphatic carbocycles. The van der Waals surface area contributed by atoms with E-state index in [0.29, 0.717) is 6.04 Å². The lowest BCUT2D eigenvalue weighted by Gasteiger charge is -2.36. The number of nitrogens with one attached hydrogen (secondary N) is 1. The van der Waals surface area contributed by atoms with Gasteiger partial charge in [0.15, 0.2) is 0 Å². The molecule has 0 aromatic rings. The van der Waals surface area contributed by atoms with Gasteiger partial charge in [-0.25, -0.2) is 0 Å². The Hall–Kier alpha value is -0.120. The quantitative estimate of drug-likeness (QED) is 0.770. The number of rotatable bonds is 4. The van der Waals surface area contributed by atoms with Gasteiger partial charge in [-0.1, -0.05) is 0 Å². The fraction of sp³-hybridized carbons (Fsp3) is 1.00. The second kappa shape index (κ2) is 5.99. The van der Waals surface area contributed by atoms with E-state index < -0.39 is 0 Å². The van der Waals surface area contributed by atoms with Gasteiger partial charge in [0.05, 0.1) is 0 Å². The second-order valence-corrected chi connectivity index (χ2v) is 5.54. The summed E-state index contributed by atoms with van der Waals surface area (Å²) in [4.78, 5) is 5.10. The minimum Gasteiger partial charge on any atom is -0.315 e. The summed E-state index contributed by atoms with van der Waals surface area (Å²) in [6, 6.07) is 0.715. The lowest BCUT2D eigenvalue weighted by Crippen LogP contribution is -2.46. The average Bonchev–Trinajstić information content (AvgIpc) is 2.80. The Labute approximate surface area is 100 Å². The van der Waals surface area contributed by atoms with Crippen LogP contribution in [0.25, 0.3) is 0 Å². The van der Waals surface area contributed by atoms with Gasteiger partial charge >= 0.3 is 0 Å². The van der Waals surface area contributed by atoms with E-state index in [-0.39, 0.29) is 0 Å². The van der Waals surface area contributed by atoms with E-state index in [1.807, 2.05) is 0 Å².